The maximum Gasteiger partial charge on any atom is 0.253 e. The number of amides is 2. The lowest BCUT2D eigenvalue weighted by Gasteiger charge is -2.07. The quantitative estimate of drug-likeness (QED) is 0.789. The van der Waals surface area contributed by atoms with Crippen molar-refractivity contribution in [3.8, 4) is 6.07 Å². The number of carbonyl (C=O) groups is 2. The van der Waals surface area contributed by atoms with Gasteiger partial charge >= 0.3 is 0 Å². The van der Waals surface area contributed by atoms with E-state index in [0.717, 1.165) is 6.07 Å². The van der Waals surface area contributed by atoms with Crippen LogP contribution >= 0.6 is 0 Å². The molecular weight excluding hydrogens is 213 g/mol. The van der Waals surface area contributed by atoms with Gasteiger partial charge in [-0.3, -0.25) is 9.59 Å². The van der Waals surface area contributed by atoms with Crippen molar-refractivity contribution in [3.05, 3.63) is 29.6 Å². The maximum absolute atomic E-state index is 13.2. The van der Waals surface area contributed by atoms with Crippen LogP contribution in [0.2, 0.25) is 0 Å². The van der Waals surface area contributed by atoms with Gasteiger partial charge in [0.2, 0.25) is 5.91 Å². The highest BCUT2D eigenvalue weighted by Gasteiger charge is 2.15. The number of nitriles is 1. The Kier molecular flexibility index (Phi) is 3.56. The summed E-state index contributed by atoms with van der Waals surface area (Å²) in [5.41, 5.74) is 4.54. The van der Waals surface area contributed by atoms with Crippen LogP contribution in [0.3, 0.4) is 0 Å². The zero-order chi connectivity index (χ0) is 12.1. The molecule has 16 heavy (non-hydrogen) atoms. The van der Waals surface area contributed by atoms with Crippen molar-refractivity contribution in [2.75, 3.05) is 5.32 Å². The second kappa shape index (κ2) is 4.89. The van der Waals surface area contributed by atoms with Crippen molar-refractivity contribution >= 4 is 17.5 Å². The Labute approximate surface area is 90.7 Å². The molecule has 6 heteroatoms. The molecule has 0 saturated carbocycles. The van der Waals surface area contributed by atoms with E-state index in [0.29, 0.717) is 0 Å². The minimum Gasteiger partial charge on any atom is -0.365 e. The van der Waals surface area contributed by atoms with Gasteiger partial charge in [-0.25, -0.2) is 4.39 Å². The first-order valence-corrected chi connectivity index (χ1v) is 4.31. The average Bonchev–Trinajstić information content (AvgIpc) is 2.17. The second-order valence-electron chi connectivity index (χ2n) is 2.91. The fraction of sp³-hybridized carbons (Fsp3) is 0.100. The summed E-state index contributed by atoms with van der Waals surface area (Å²) >= 11 is 0. The van der Waals surface area contributed by atoms with E-state index in [4.69, 9.17) is 11.0 Å². The van der Waals surface area contributed by atoms with Crippen LogP contribution in [0.15, 0.2) is 18.2 Å². The fourth-order valence-corrected chi connectivity index (χ4v) is 1.14. The Balaban J connectivity index is 3.05. The molecule has 0 aliphatic heterocycles. The monoisotopic (exact) mass is 221 g/mol. The third-order valence-electron chi connectivity index (χ3n) is 1.77. The molecule has 5 nitrogen and oxygen atoms in total. The molecule has 3 N–H and O–H groups in total. The van der Waals surface area contributed by atoms with Gasteiger partial charge in [0.25, 0.3) is 5.91 Å². The molecule has 82 valence electrons. The molecule has 0 aromatic heterocycles. The maximum atomic E-state index is 13.2. The van der Waals surface area contributed by atoms with Crippen LogP contribution in [0, 0.1) is 17.1 Å². The Morgan fingerprint density at radius 1 is 1.50 bits per heavy atom. The third-order valence-corrected chi connectivity index (χ3v) is 1.77. The lowest BCUT2D eigenvalue weighted by atomic mass is 10.1. The predicted octanol–water partition coefficient (Wildman–Crippen LogP) is 0.777. The molecule has 0 spiro atoms. The number of primary amides is 1. The van der Waals surface area contributed by atoms with E-state index in [2.05, 4.69) is 5.32 Å². The standard InChI is InChI=1S/C10H8FN3O2/c11-6-2-1-3-7(9(6)10(13)16)14-8(15)4-5-12/h1-3H,4H2,(H2,13,16)(H,14,15). The highest BCUT2D eigenvalue weighted by Crippen LogP contribution is 2.18. The normalized spacial score (nSPS) is 9.25. The van der Waals surface area contributed by atoms with Crippen LogP contribution in [-0.2, 0) is 4.79 Å². The SMILES string of the molecule is N#CCC(=O)Nc1cccc(F)c1C(N)=O. The van der Waals surface area contributed by atoms with Crippen LogP contribution in [0.1, 0.15) is 16.8 Å². The lowest BCUT2D eigenvalue weighted by Crippen LogP contribution is -2.19. The van der Waals surface area contributed by atoms with Gasteiger partial charge in [0.05, 0.1) is 17.3 Å². The van der Waals surface area contributed by atoms with Crippen molar-refractivity contribution in [1.82, 2.24) is 0 Å². The largest absolute Gasteiger partial charge is 0.365 e. The summed E-state index contributed by atoms with van der Waals surface area (Å²) in [7, 11) is 0. The van der Waals surface area contributed by atoms with Gasteiger partial charge < -0.3 is 11.1 Å². The molecule has 2 amide bonds. The molecule has 0 heterocycles. The first-order valence-electron chi connectivity index (χ1n) is 4.31. The third kappa shape index (κ3) is 2.54. The summed E-state index contributed by atoms with van der Waals surface area (Å²) in [5, 5.41) is 10.5. The van der Waals surface area contributed by atoms with Crippen LogP contribution in [0.4, 0.5) is 10.1 Å². The molecular formula is C10H8FN3O2. The van der Waals surface area contributed by atoms with E-state index in [-0.39, 0.29) is 12.1 Å². The lowest BCUT2D eigenvalue weighted by molar-refractivity contribution is -0.115. The van der Waals surface area contributed by atoms with Gasteiger partial charge in [-0.1, -0.05) is 6.07 Å². The number of carbonyl (C=O) groups excluding carboxylic acids is 2. The number of hydrogen-bond donors (Lipinski definition) is 2. The molecule has 1 aromatic carbocycles. The number of anilines is 1. The van der Waals surface area contributed by atoms with E-state index in [9.17, 15) is 14.0 Å². The Bertz CT molecular complexity index is 479. The van der Waals surface area contributed by atoms with Gasteiger partial charge in [0.15, 0.2) is 0 Å². The molecule has 0 aliphatic carbocycles. The highest BCUT2D eigenvalue weighted by molar-refractivity contribution is 6.03. The first kappa shape index (κ1) is 11.7. The first-order chi connectivity index (χ1) is 7.56. The van der Waals surface area contributed by atoms with Crippen LogP contribution < -0.4 is 11.1 Å². The smallest absolute Gasteiger partial charge is 0.253 e. The van der Waals surface area contributed by atoms with Gasteiger partial charge in [-0.2, -0.15) is 5.26 Å². The molecule has 0 fully saturated rings. The second-order valence-corrected chi connectivity index (χ2v) is 2.91. The molecule has 0 radical (unpaired) electrons. The van der Waals surface area contributed by atoms with Gasteiger partial charge in [0.1, 0.15) is 12.2 Å². The minimum atomic E-state index is -0.981. The van der Waals surface area contributed by atoms with Gasteiger partial charge in [-0.05, 0) is 12.1 Å². The highest BCUT2D eigenvalue weighted by atomic mass is 19.1. The minimum absolute atomic E-state index is 0.0345. The summed E-state index contributed by atoms with van der Waals surface area (Å²) in [6.07, 6.45) is -0.380. The molecule has 0 saturated heterocycles. The topological polar surface area (TPSA) is 96.0 Å². The van der Waals surface area contributed by atoms with Crippen molar-refractivity contribution in [2.45, 2.75) is 6.42 Å². The van der Waals surface area contributed by atoms with E-state index in [1.807, 2.05) is 0 Å². The van der Waals surface area contributed by atoms with Crippen LogP contribution in [0.5, 0.6) is 0 Å². The molecule has 0 atom stereocenters. The number of halogens is 1. The van der Waals surface area contributed by atoms with E-state index < -0.39 is 23.2 Å². The molecule has 0 aliphatic rings. The fourth-order valence-electron chi connectivity index (χ4n) is 1.14. The van der Waals surface area contributed by atoms with Crippen molar-refractivity contribution < 1.29 is 14.0 Å². The predicted molar refractivity (Wildman–Crippen MR) is 53.8 cm³/mol. The Hall–Kier alpha value is -2.42. The number of nitrogens with zero attached hydrogens (tertiary/aromatic N) is 1. The van der Waals surface area contributed by atoms with E-state index >= 15 is 0 Å². The van der Waals surface area contributed by atoms with E-state index in [1.54, 1.807) is 6.07 Å². The van der Waals surface area contributed by atoms with Gasteiger partial charge in [0, 0.05) is 0 Å². The van der Waals surface area contributed by atoms with Crippen molar-refractivity contribution in [1.29, 1.82) is 5.26 Å². The van der Waals surface area contributed by atoms with Gasteiger partial charge in [-0.15, -0.1) is 0 Å². The summed E-state index contributed by atoms with van der Waals surface area (Å²) < 4.78 is 13.2. The number of hydrogen-bond acceptors (Lipinski definition) is 3. The van der Waals surface area contributed by atoms with E-state index in [1.165, 1.54) is 12.1 Å². The average molecular weight is 221 g/mol. The summed E-state index contributed by atoms with van der Waals surface area (Å²) in [6.45, 7) is 0. The number of nitrogens with two attached hydrogens (primary N) is 1. The van der Waals surface area contributed by atoms with Crippen LogP contribution in [-0.4, -0.2) is 11.8 Å². The zero-order valence-electron chi connectivity index (χ0n) is 8.16. The molecule has 1 rings (SSSR count). The number of rotatable bonds is 3. The summed E-state index contributed by atoms with van der Waals surface area (Å²) in [4.78, 5) is 22.0. The number of benzene rings is 1. The molecule has 0 bridgehead atoms. The molecule has 1 aromatic rings. The van der Waals surface area contributed by atoms with Crippen LogP contribution in [0.25, 0.3) is 0 Å². The van der Waals surface area contributed by atoms with Crippen molar-refractivity contribution in [2.24, 2.45) is 5.73 Å². The summed E-state index contributed by atoms with van der Waals surface area (Å²) in [5.74, 6) is -2.43. The zero-order valence-corrected chi connectivity index (χ0v) is 8.16. The molecule has 0 unspecified atom stereocenters. The Morgan fingerprint density at radius 3 is 2.75 bits per heavy atom. The van der Waals surface area contributed by atoms with Crippen molar-refractivity contribution in [3.63, 3.8) is 0 Å². The summed E-state index contributed by atoms with van der Waals surface area (Å²) in [6, 6.07) is 5.34. The Morgan fingerprint density at radius 2 is 2.19 bits per heavy atom. The number of nitrogens with one attached hydrogen (secondary N) is 1.